The van der Waals surface area contributed by atoms with Crippen LogP contribution in [0.1, 0.15) is 103 Å². The number of ketones is 1. The minimum Gasteiger partial charge on any atom is -0.512 e. The van der Waals surface area contributed by atoms with Crippen LogP contribution < -0.4 is 0 Å². The molecule has 3 aliphatic rings. The van der Waals surface area contributed by atoms with Gasteiger partial charge in [0.25, 0.3) is 0 Å². The molecule has 0 unspecified atom stereocenters. The van der Waals surface area contributed by atoms with Crippen molar-refractivity contribution in [3.63, 3.8) is 0 Å². The van der Waals surface area contributed by atoms with E-state index in [1.807, 2.05) is 12.3 Å². The number of benzene rings is 3. The molecule has 0 amide bonds. The first-order valence-electron chi connectivity index (χ1n) is 16.3. The minimum atomic E-state index is 0. The molecular weight excluding hydrogens is 719 g/mol. The van der Waals surface area contributed by atoms with E-state index < -0.39 is 0 Å². The SMILES string of the molecule is C.CC1CCC(c2ccc3c(-c4[c-]ccc5ccccc45)nccc3c2)CC1.O=C(C=C(O)C1CCCC1)C1CCCC1.[Ir]. The molecule has 0 saturated heterocycles. The molecule has 3 saturated carbocycles. The Morgan fingerprint density at radius 1 is 0.818 bits per heavy atom. The summed E-state index contributed by atoms with van der Waals surface area (Å²) in [5.41, 5.74) is 3.62. The standard InChI is InChI=1S/C26H24N.C13H20O2.CH4.Ir/c1-18-9-11-19(12-10-18)21-13-14-24-22(17-21)15-16-27-26(24)25-8-4-6-20-5-2-3-7-23(20)25;14-12(10-5-1-2-6-10)9-13(15)11-7-3-4-8-11;;/h2-7,13-19H,9-12H2,1H3;9-11,14H,1-8H2;1H4;/q-1;;;. The van der Waals surface area contributed by atoms with Crippen molar-refractivity contribution in [1.82, 2.24) is 4.98 Å². The third-order valence-electron chi connectivity index (χ3n) is 10.1. The van der Waals surface area contributed by atoms with E-state index in [1.165, 1.54) is 84.6 Å². The summed E-state index contributed by atoms with van der Waals surface area (Å²) in [7, 11) is 0. The second-order valence-corrected chi connectivity index (χ2v) is 13.0. The Bertz CT molecular complexity index is 1550. The largest absolute Gasteiger partial charge is 0.512 e. The Labute approximate surface area is 277 Å². The number of hydrogen-bond donors (Lipinski definition) is 1. The Hall–Kier alpha value is -2.81. The van der Waals surface area contributed by atoms with Gasteiger partial charge in [0.2, 0.25) is 0 Å². The molecule has 0 bridgehead atoms. The smallest absolute Gasteiger partial charge is 0.162 e. The number of fused-ring (bicyclic) bond motifs is 2. The first-order chi connectivity index (χ1) is 20.6. The van der Waals surface area contributed by atoms with Crippen LogP contribution in [0.25, 0.3) is 32.8 Å². The normalized spacial score (nSPS) is 20.9. The molecule has 1 heterocycles. The van der Waals surface area contributed by atoms with E-state index >= 15 is 0 Å². The van der Waals surface area contributed by atoms with Crippen LogP contribution in [0.2, 0.25) is 0 Å². The zero-order chi connectivity index (χ0) is 28.9. The molecule has 1 N–H and O–H groups in total. The number of carbonyl (C=O) groups excluding carboxylic acids is 1. The van der Waals surface area contributed by atoms with Crippen LogP contribution in [0.5, 0.6) is 0 Å². The quantitative estimate of drug-likeness (QED) is 0.125. The maximum absolute atomic E-state index is 11.8. The van der Waals surface area contributed by atoms with Crippen molar-refractivity contribution >= 4 is 27.3 Å². The zero-order valence-electron chi connectivity index (χ0n) is 25.4. The Morgan fingerprint density at radius 3 is 2.23 bits per heavy atom. The predicted molar refractivity (Wildman–Crippen MR) is 180 cm³/mol. The molecule has 3 aliphatic carbocycles. The number of pyridine rings is 1. The molecule has 4 heteroatoms. The summed E-state index contributed by atoms with van der Waals surface area (Å²) in [4.78, 5) is 16.5. The number of carbonyl (C=O) groups is 1. The van der Waals surface area contributed by atoms with Gasteiger partial charge in [-0.1, -0.05) is 101 Å². The summed E-state index contributed by atoms with van der Waals surface area (Å²) < 4.78 is 0. The van der Waals surface area contributed by atoms with E-state index in [9.17, 15) is 9.90 Å². The molecule has 235 valence electrons. The van der Waals surface area contributed by atoms with E-state index in [0.717, 1.165) is 42.9 Å². The number of allylic oxidation sites excluding steroid dienone is 2. The third kappa shape index (κ3) is 7.88. The molecular formula is C40H48IrNO2-. The molecule has 3 aromatic carbocycles. The second-order valence-electron chi connectivity index (χ2n) is 13.0. The van der Waals surface area contributed by atoms with Crippen molar-refractivity contribution in [1.29, 1.82) is 0 Å². The molecule has 7 rings (SSSR count). The number of nitrogens with zero attached hydrogens (tertiary/aromatic N) is 1. The zero-order valence-corrected chi connectivity index (χ0v) is 27.8. The molecule has 3 nitrogen and oxygen atoms in total. The minimum absolute atomic E-state index is 0. The van der Waals surface area contributed by atoms with E-state index in [-0.39, 0.29) is 45.2 Å². The van der Waals surface area contributed by atoms with Gasteiger partial charge in [-0.2, -0.15) is 0 Å². The first-order valence-corrected chi connectivity index (χ1v) is 16.3. The van der Waals surface area contributed by atoms with Gasteiger partial charge in [-0.3, -0.25) is 4.79 Å². The molecule has 0 aliphatic heterocycles. The van der Waals surface area contributed by atoms with Crippen molar-refractivity contribution in [2.75, 3.05) is 0 Å². The summed E-state index contributed by atoms with van der Waals surface area (Å²) in [6.45, 7) is 2.38. The molecule has 3 fully saturated rings. The summed E-state index contributed by atoms with van der Waals surface area (Å²) >= 11 is 0. The number of hydrogen-bond acceptors (Lipinski definition) is 3. The fourth-order valence-electron chi connectivity index (χ4n) is 7.41. The van der Waals surface area contributed by atoms with Gasteiger partial charge in [-0.25, -0.2) is 0 Å². The summed E-state index contributed by atoms with van der Waals surface area (Å²) in [6.07, 6.45) is 17.7. The van der Waals surface area contributed by atoms with E-state index in [1.54, 1.807) is 0 Å². The summed E-state index contributed by atoms with van der Waals surface area (Å²) in [5.74, 6) is 2.59. The van der Waals surface area contributed by atoms with E-state index in [2.05, 4.69) is 67.6 Å². The number of aromatic nitrogens is 1. The van der Waals surface area contributed by atoms with Gasteiger partial charge in [0.15, 0.2) is 5.78 Å². The van der Waals surface area contributed by atoms with Crippen molar-refractivity contribution in [3.05, 3.63) is 90.3 Å². The molecule has 44 heavy (non-hydrogen) atoms. The molecule has 0 spiro atoms. The van der Waals surface area contributed by atoms with Crippen LogP contribution >= 0.6 is 0 Å². The van der Waals surface area contributed by atoms with Crippen LogP contribution in [0.3, 0.4) is 0 Å². The van der Waals surface area contributed by atoms with Gasteiger partial charge >= 0.3 is 0 Å². The van der Waals surface area contributed by atoms with Crippen molar-refractivity contribution < 1.29 is 30.0 Å². The molecule has 0 atom stereocenters. The molecule has 1 radical (unpaired) electrons. The Balaban J connectivity index is 0.000000223. The van der Waals surface area contributed by atoms with Crippen molar-refractivity contribution in [3.8, 4) is 11.3 Å². The maximum atomic E-state index is 11.8. The number of aliphatic hydroxyl groups is 1. The van der Waals surface area contributed by atoms with Crippen LogP contribution in [-0.2, 0) is 24.9 Å². The summed E-state index contributed by atoms with van der Waals surface area (Å²) in [5, 5.41) is 14.8. The van der Waals surface area contributed by atoms with E-state index in [0.29, 0.717) is 11.7 Å². The van der Waals surface area contributed by atoms with Gasteiger partial charge in [0.1, 0.15) is 0 Å². The van der Waals surface area contributed by atoms with Gasteiger partial charge in [-0.15, -0.1) is 29.1 Å². The van der Waals surface area contributed by atoms with Crippen LogP contribution in [0.15, 0.2) is 78.7 Å². The second kappa shape index (κ2) is 16.0. The van der Waals surface area contributed by atoms with Gasteiger partial charge in [0, 0.05) is 44.2 Å². The first kappa shape index (κ1) is 34.1. The maximum Gasteiger partial charge on any atom is 0.162 e. The van der Waals surface area contributed by atoms with Gasteiger partial charge < -0.3 is 10.1 Å². The van der Waals surface area contributed by atoms with E-state index in [4.69, 9.17) is 4.98 Å². The number of rotatable bonds is 5. The van der Waals surface area contributed by atoms with Crippen molar-refractivity contribution in [2.45, 2.75) is 97.3 Å². The topological polar surface area (TPSA) is 50.2 Å². The Morgan fingerprint density at radius 2 is 1.50 bits per heavy atom. The Kier molecular flexibility index (Phi) is 12.4. The summed E-state index contributed by atoms with van der Waals surface area (Å²) in [6, 6.07) is 25.2. The van der Waals surface area contributed by atoms with Gasteiger partial charge in [0.05, 0.1) is 5.76 Å². The van der Waals surface area contributed by atoms with Crippen LogP contribution in [-0.4, -0.2) is 15.9 Å². The van der Waals surface area contributed by atoms with Crippen LogP contribution in [0, 0.1) is 23.8 Å². The van der Waals surface area contributed by atoms with Gasteiger partial charge in [-0.05, 0) is 78.5 Å². The monoisotopic (exact) mass is 767 g/mol. The average molecular weight is 767 g/mol. The van der Waals surface area contributed by atoms with Crippen LogP contribution in [0.4, 0.5) is 0 Å². The molecule has 4 aromatic rings. The fourth-order valence-corrected chi connectivity index (χ4v) is 7.41. The van der Waals surface area contributed by atoms with Crippen molar-refractivity contribution in [2.24, 2.45) is 17.8 Å². The predicted octanol–water partition coefficient (Wildman–Crippen LogP) is 11.2. The number of aliphatic hydroxyl groups excluding tert-OH is 1. The average Bonchev–Trinajstić information content (AvgIpc) is 3.77. The molecule has 1 aromatic heterocycles. The third-order valence-corrected chi connectivity index (χ3v) is 10.1. The fraction of sp³-hybridized carbons (Fsp3) is 0.450.